The third kappa shape index (κ3) is 6.10. The van der Waals surface area contributed by atoms with Crippen LogP contribution in [0, 0.1) is 0 Å². The molecule has 0 aliphatic carbocycles. The number of nitrogens with zero attached hydrogens (tertiary/aromatic N) is 1. The minimum atomic E-state index is -0.640. The maximum Gasteiger partial charge on any atom is 0.313 e. The maximum atomic E-state index is 12.3. The highest BCUT2D eigenvalue weighted by Crippen LogP contribution is 2.27. The predicted octanol–water partition coefficient (Wildman–Crippen LogP) is 3.72. The molecule has 0 aromatic heterocycles. The first-order valence-electron chi connectivity index (χ1n) is 7.97. The highest BCUT2D eigenvalue weighted by atomic mass is 35.5. The molecule has 0 saturated heterocycles. The lowest BCUT2D eigenvalue weighted by Crippen LogP contribution is -2.40. The molecule has 0 radical (unpaired) electrons. The molecule has 128 valence electrons. The standard InChI is InChI=1S/C17H25ClN2O3/c1-4-6-10-20(11-7-5-2)17(22)16(21)19-13-8-9-15(23-3)14(18)12-13/h8-9,12H,4-7,10-11H2,1-3H3,(H,19,21). The van der Waals surface area contributed by atoms with Crippen LogP contribution in [0.15, 0.2) is 18.2 Å². The number of halogens is 1. The summed E-state index contributed by atoms with van der Waals surface area (Å²) < 4.78 is 5.06. The lowest BCUT2D eigenvalue weighted by atomic mass is 10.2. The van der Waals surface area contributed by atoms with E-state index in [1.165, 1.54) is 7.11 Å². The van der Waals surface area contributed by atoms with E-state index < -0.39 is 11.8 Å². The average molecular weight is 341 g/mol. The normalized spacial score (nSPS) is 10.3. The lowest BCUT2D eigenvalue weighted by molar-refractivity contribution is -0.143. The number of benzene rings is 1. The number of carbonyl (C=O) groups is 2. The van der Waals surface area contributed by atoms with Gasteiger partial charge in [0.05, 0.1) is 12.1 Å². The van der Waals surface area contributed by atoms with Gasteiger partial charge in [0.25, 0.3) is 0 Å². The summed E-state index contributed by atoms with van der Waals surface area (Å²) in [6.45, 7) is 5.32. The third-order valence-electron chi connectivity index (χ3n) is 3.45. The van der Waals surface area contributed by atoms with Crippen molar-refractivity contribution in [3.05, 3.63) is 23.2 Å². The zero-order chi connectivity index (χ0) is 17.2. The van der Waals surface area contributed by atoms with Crippen molar-refractivity contribution in [2.45, 2.75) is 39.5 Å². The first kappa shape index (κ1) is 19.3. The molecule has 0 atom stereocenters. The van der Waals surface area contributed by atoms with E-state index in [-0.39, 0.29) is 0 Å². The Bertz CT molecular complexity index is 527. The molecule has 0 unspecified atom stereocenters. The molecule has 23 heavy (non-hydrogen) atoms. The monoisotopic (exact) mass is 340 g/mol. The summed E-state index contributed by atoms with van der Waals surface area (Å²) in [5.74, 6) is -0.624. The molecule has 6 heteroatoms. The van der Waals surface area contributed by atoms with Crippen molar-refractivity contribution in [3.8, 4) is 5.75 Å². The van der Waals surface area contributed by atoms with E-state index in [1.54, 1.807) is 23.1 Å². The highest BCUT2D eigenvalue weighted by Gasteiger charge is 2.21. The SMILES string of the molecule is CCCCN(CCCC)C(=O)C(=O)Nc1ccc(OC)c(Cl)c1. The van der Waals surface area contributed by atoms with E-state index in [1.807, 2.05) is 0 Å². The molecule has 0 aliphatic rings. The molecule has 1 N–H and O–H groups in total. The molecule has 0 spiro atoms. The van der Waals surface area contributed by atoms with E-state index in [4.69, 9.17) is 16.3 Å². The summed E-state index contributed by atoms with van der Waals surface area (Å²) in [6.07, 6.45) is 3.73. The number of methoxy groups -OCH3 is 1. The Labute approximate surface area is 142 Å². The van der Waals surface area contributed by atoms with Gasteiger partial charge in [-0.05, 0) is 31.0 Å². The molecule has 5 nitrogen and oxygen atoms in total. The van der Waals surface area contributed by atoms with E-state index in [9.17, 15) is 9.59 Å². The summed E-state index contributed by atoms with van der Waals surface area (Å²) in [4.78, 5) is 26.1. The van der Waals surface area contributed by atoms with Crippen LogP contribution in [0.2, 0.25) is 5.02 Å². The second-order valence-corrected chi connectivity index (χ2v) is 5.71. The Morgan fingerprint density at radius 2 is 1.78 bits per heavy atom. The summed E-state index contributed by atoms with van der Waals surface area (Å²) in [7, 11) is 1.52. The number of carbonyl (C=O) groups excluding carboxylic acids is 2. The van der Waals surface area contributed by atoms with Crippen LogP contribution >= 0.6 is 11.6 Å². The summed E-state index contributed by atoms with van der Waals surface area (Å²) in [5.41, 5.74) is 0.472. The number of unbranched alkanes of at least 4 members (excludes halogenated alkanes) is 2. The maximum absolute atomic E-state index is 12.3. The van der Waals surface area contributed by atoms with E-state index in [0.29, 0.717) is 29.5 Å². The highest BCUT2D eigenvalue weighted by molar-refractivity contribution is 6.39. The molecule has 1 aromatic carbocycles. The zero-order valence-corrected chi connectivity index (χ0v) is 14.8. The van der Waals surface area contributed by atoms with Gasteiger partial charge in [0.15, 0.2) is 0 Å². The van der Waals surface area contributed by atoms with Crippen LogP contribution < -0.4 is 10.1 Å². The first-order chi connectivity index (χ1) is 11.0. The smallest absolute Gasteiger partial charge is 0.313 e. The van der Waals surface area contributed by atoms with Gasteiger partial charge >= 0.3 is 11.8 Å². The largest absolute Gasteiger partial charge is 0.495 e. The van der Waals surface area contributed by atoms with Crippen LogP contribution in [0.3, 0.4) is 0 Å². The number of amides is 2. The van der Waals surface area contributed by atoms with Gasteiger partial charge in [0, 0.05) is 18.8 Å². The van der Waals surface area contributed by atoms with Gasteiger partial charge < -0.3 is 15.0 Å². The van der Waals surface area contributed by atoms with E-state index in [2.05, 4.69) is 19.2 Å². The van der Waals surface area contributed by atoms with Crippen molar-refractivity contribution in [3.63, 3.8) is 0 Å². The Hall–Kier alpha value is -1.75. The fourth-order valence-corrected chi connectivity index (χ4v) is 2.34. The van der Waals surface area contributed by atoms with Crippen molar-refractivity contribution in [1.82, 2.24) is 4.90 Å². The van der Waals surface area contributed by atoms with Crippen molar-refractivity contribution in [2.24, 2.45) is 0 Å². The molecule has 0 saturated carbocycles. The van der Waals surface area contributed by atoms with Gasteiger partial charge in [0.2, 0.25) is 0 Å². The predicted molar refractivity (Wildman–Crippen MR) is 93.0 cm³/mol. The number of hydrogen-bond acceptors (Lipinski definition) is 3. The van der Waals surface area contributed by atoms with Crippen LogP contribution in [-0.4, -0.2) is 36.9 Å². The summed E-state index contributed by atoms with van der Waals surface area (Å²) >= 11 is 6.02. The van der Waals surface area contributed by atoms with E-state index >= 15 is 0 Å². The Morgan fingerprint density at radius 1 is 1.17 bits per heavy atom. The Morgan fingerprint density at radius 3 is 2.26 bits per heavy atom. The quantitative estimate of drug-likeness (QED) is 0.734. The topological polar surface area (TPSA) is 58.6 Å². The average Bonchev–Trinajstić information content (AvgIpc) is 2.54. The fourth-order valence-electron chi connectivity index (χ4n) is 2.09. The zero-order valence-electron chi connectivity index (χ0n) is 14.0. The number of rotatable bonds is 8. The summed E-state index contributed by atoms with van der Waals surface area (Å²) in [6, 6.07) is 4.86. The Balaban J connectivity index is 2.72. The number of nitrogens with one attached hydrogen (secondary N) is 1. The second-order valence-electron chi connectivity index (χ2n) is 5.30. The molecule has 0 aliphatic heterocycles. The molecular weight excluding hydrogens is 316 g/mol. The molecule has 0 bridgehead atoms. The van der Waals surface area contributed by atoms with Gasteiger partial charge in [-0.15, -0.1) is 0 Å². The molecule has 0 heterocycles. The third-order valence-corrected chi connectivity index (χ3v) is 3.75. The molecule has 2 amide bonds. The van der Waals surface area contributed by atoms with E-state index in [0.717, 1.165) is 25.7 Å². The van der Waals surface area contributed by atoms with Crippen LogP contribution in [0.4, 0.5) is 5.69 Å². The first-order valence-corrected chi connectivity index (χ1v) is 8.35. The lowest BCUT2D eigenvalue weighted by Gasteiger charge is -2.21. The molecule has 0 fully saturated rings. The van der Waals surface area contributed by atoms with Crippen molar-refractivity contribution >= 4 is 29.1 Å². The van der Waals surface area contributed by atoms with Gasteiger partial charge in [0.1, 0.15) is 5.75 Å². The van der Waals surface area contributed by atoms with Gasteiger partial charge in [-0.25, -0.2) is 0 Å². The molecular formula is C17H25ClN2O3. The van der Waals surface area contributed by atoms with Crippen LogP contribution in [-0.2, 0) is 9.59 Å². The van der Waals surface area contributed by atoms with Crippen LogP contribution in [0.5, 0.6) is 5.75 Å². The fraction of sp³-hybridized carbons (Fsp3) is 0.529. The molecule has 1 aromatic rings. The van der Waals surface area contributed by atoms with Crippen molar-refractivity contribution in [2.75, 3.05) is 25.5 Å². The van der Waals surface area contributed by atoms with Crippen LogP contribution in [0.25, 0.3) is 0 Å². The second kappa shape index (κ2) is 10.1. The van der Waals surface area contributed by atoms with Crippen LogP contribution in [0.1, 0.15) is 39.5 Å². The minimum absolute atomic E-state index is 0.381. The van der Waals surface area contributed by atoms with Gasteiger partial charge in [-0.1, -0.05) is 38.3 Å². The van der Waals surface area contributed by atoms with Crippen molar-refractivity contribution in [1.29, 1.82) is 0 Å². The van der Waals surface area contributed by atoms with Gasteiger partial charge in [-0.2, -0.15) is 0 Å². The van der Waals surface area contributed by atoms with Crippen molar-refractivity contribution < 1.29 is 14.3 Å². The number of ether oxygens (including phenoxy) is 1. The summed E-state index contributed by atoms with van der Waals surface area (Å²) in [5, 5.41) is 2.98. The van der Waals surface area contributed by atoms with Gasteiger partial charge in [-0.3, -0.25) is 9.59 Å². The number of hydrogen-bond donors (Lipinski definition) is 1. The Kier molecular flexibility index (Phi) is 8.48. The number of anilines is 1. The molecule has 1 rings (SSSR count). The minimum Gasteiger partial charge on any atom is -0.495 e.